The third-order valence-electron chi connectivity index (χ3n) is 2.24. The highest BCUT2D eigenvalue weighted by atomic mass is 32.1. The zero-order chi connectivity index (χ0) is 12.3. The van der Waals surface area contributed by atoms with E-state index in [4.69, 9.17) is 5.73 Å². The minimum atomic E-state index is -0.223. The quantitative estimate of drug-likeness (QED) is 0.889. The predicted octanol–water partition coefficient (Wildman–Crippen LogP) is 2.06. The van der Waals surface area contributed by atoms with Gasteiger partial charge in [-0.15, -0.1) is 21.5 Å². The summed E-state index contributed by atoms with van der Waals surface area (Å²) in [6.45, 7) is 2.03. The Labute approximate surface area is 107 Å². The molecule has 1 amide bonds. The average molecular weight is 268 g/mol. The molecule has 2 aromatic rings. The maximum Gasteiger partial charge on any atom is 0.282 e. The van der Waals surface area contributed by atoms with Crippen LogP contribution < -0.4 is 11.1 Å². The van der Waals surface area contributed by atoms with Crippen molar-refractivity contribution in [2.45, 2.75) is 19.4 Å². The predicted molar refractivity (Wildman–Crippen MR) is 69.1 cm³/mol. The number of nitrogens with two attached hydrogens (primary N) is 1. The summed E-state index contributed by atoms with van der Waals surface area (Å²) in [4.78, 5) is 13.0. The summed E-state index contributed by atoms with van der Waals surface area (Å²) in [5, 5.41) is 12.9. The van der Waals surface area contributed by atoms with Gasteiger partial charge in [-0.1, -0.05) is 24.3 Å². The Hall–Kier alpha value is -1.47. The second-order valence-corrected chi connectivity index (χ2v) is 5.38. The molecule has 0 aliphatic heterocycles. The minimum Gasteiger partial charge on any atom is -0.374 e. The largest absolute Gasteiger partial charge is 0.374 e. The normalized spacial score (nSPS) is 12.3. The average Bonchev–Trinajstić information content (AvgIpc) is 2.96. The molecule has 0 aliphatic rings. The number of nitrogens with one attached hydrogen (secondary N) is 1. The first kappa shape index (κ1) is 12.0. The number of nitrogen functional groups attached to an aromatic ring is 1. The van der Waals surface area contributed by atoms with Gasteiger partial charge in [-0.05, 0) is 17.9 Å². The lowest BCUT2D eigenvalue weighted by Gasteiger charge is -2.13. The van der Waals surface area contributed by atoms with E-state index in [0.717, 1.165) is 22.6 Å². The molecule has 1 atom stereocenters. The number of hydrogen-bond acceptors (Lipinski definition) is 6. The lowest BCUT2D eigenvalue weighted by Crippen LogP contribution is -2.27. The van der Waals surface area contributed by atoms with E-state index >= 15 is 0 Å². The number of nitrogens with zero attached hydrogens (tertiary/aromatic N) is 2. The third kappa shape index (κ3) is 2.80. The van der Waals surface area contributed by atoms with Gasteiger partial charge in [-0.2, -0.15) is 0 Å². The number of hydrogen-bond donors (Lipinski definition) is 2. The van der Waals surface area contributed by atoms with Gasteiger partial charge in [0.25, 0.3) is 5.91 Å². The summed E-state index contributed by atoms with van der Waals surface area (Å²) >= 11 is 2.72. The highest BCUT2D eigenvalue weighted by Gasteiger charge is 2.17. The number of anilines is 1. The molecule has 7 heteroatoms. The standard InChI is InChI=1S/C10H12N4OS2/c1-2-6(7-4-3-5-16-7)12-8(15)9-13-14-10(11)17-9/h3-6H,2H2,1H3,(H2,11,14)(H,12,15). The van der Waals surface area contributed by atoms with Crippen LogP contribution in [0.15, 0.2) is 17.5 Å². The van der Waals surface area contributed by atoms with Gasteiger partial charge in [0.2, 0.25) is 10.1 Å². The number of thiophene rings is 1. The van der Waals surface area contributed by atoms with Gasteiger partial charge in [-0.3, -0.25) is 4.79 Å². The zero-order valence-corrected chi connectivity index (χ0v) is 10.8. The lowest BCUT2D eigenvalue weighted by molar-refractivity contribution is 0.0935. The molecule has 2 rings (SSSR count). The Morgan fingerprint density at radius 2 is 2.41 bits per heavy atom. The first-order valence-electron chi connectivity index (χ1n) is 5.14. The second kappa shape index (κ2) is 5.24. The van der Waals surface area contributed by atoms with Gasteiger partial charge in [0.1, 0.15) is 0 Å². The van der Waals surface area contributed by atoms with Gasteiger partial charge in [0.15, 0.2) is 0 Å². The number of rotatable bonds is 4. The van der Waals surface area contributed by atoms with E-state index in [0.29, 0.717) is 10.1 Å². The van der Waals surface area contributed by atoms with Crippen molar-refractivity contribution in [1.29, 1.82) is 0 Å². The molecule has 0 aromatic carbocycles. The van der Waals surface area contributed by atoms with E-state index in [1.807, 2.05) is 24.4 Å². The number of amides is 1. The first-order valence-corrected chi connectivity index (χ1v) is 6.83. The Morgan fingerprint density at radius 3 is 2.94 bits per heavy atom. The van der Waals surface area contributed by atoms with E-state index in [2.05, 4.69) is 15.5 Å². The Balaban J connectivity index is 2.07. The van der Waals surface area contributed by atoms with E-state index in [1.54, 1.807) is 11.3 Å². The van der Waals surface area contributed by atoms with Crippen LogP contribution in [-0.4, -0.2) is 16.1 Å². The molecule has 0 spiro atoms. The highest BCUT2D eigenvalue weighted by molar-refractivity contribution is 7.16. The van der Waals surface area contributed by atoms with Crippen molar-refractivity contribution in [3.63, 3.8) is 0 Å². The smallest absolute Gasteiger partial charge is 0.282 e. The van der Waals surface area contributed by atoms with Crippen molar-refractivity contribution in [3.05, 3.63) is 27.4 Å². The van der Waals surface area contributed by atoms with E-state index < -0.39 is 0 Å². The molecule has 0 aliphatic carbocycles. The van der Waals surface area contributed by atoms with Crippen LogP contribution in [-0.2, 0) is 0 Å². The molecule has 0 bridgehead atoms. The molecule has 5 nitrogen and oxygen atoms in total. The molecule has 1 unspecified atom stereocenters. The Morgan fingerprint density at radius 1 is 1.59 bits per heavy atom. The molecule has 0 fully saturated rings. The molecular formula is C10H12N4OS2. The summed E-state index contributed by atoms with van der Waals surface area (Å²) < 4.78 is 0. The van der Waals surface area contributed by atoms with Gasteiger partial charge in [-0.25, -0.2) is 0 Å². The van der Waals surface area contributed by atoms with E-state index in [-0.39, 0.29) is 11.9 Å². The molecule has 17 heavy (non-hydrogen) atoms. The van der Waals surface area contributed by atoms with Crippen molar-refractivity contribution in [1.82, 2.24) is 15.5 Å². The van der Waals surface area contributed by atoms with Crippen LogP contribution in [0.25, 0.3) is 0 Å². The van der Waals surface area contributed by atoms with Gasteiger partial charge < -0.3 is 11.1 Å². The van der Waals surface area contributed by atoms with E-state index in [9.17, 15) is 4.79 Å². The van der Waals surface area contributed by atoms with Crippen molar-refractivity contribution in [3.8, 4) is 0 Å². The van der Waals surface area contributed by atoms with Gasteiger partial charge in [0.05, 0.1) is 6.04 Å². The van der Waals surface area contributed by atoms with Crippen LogP contribution in [0.3, 0.4) is 0 Å². The molecule has 2 aromatic heterocycles. The fourth-order valence-corrected chi connectivity index (χ4v) is 2.78. The maximum absolute atomic E-state index is 11.9. The fourth-order valence-electron chi connectivity index (χ4n) is 1.41. The van der Waals surface area contributed by atoms with Crippen LogP contribution in [0, 0.1) is 0 Å². The fraction of sp³-hybridized carbons (Fsp3) is 0.300. The summed E-state index contributed by atoms with van der Waals surface area (Å²) in [6, 6.07) is 4.00. The molecule has 0 saturated heterocycles. The summed E-state index contributed by atoms with van der Waals surface area (Å²) in [5.41, 5.74) is 5.44. The van der Waals surface area contributed by atoms with Crippen LogP contribution >= 0.6 is 22.7 Å². The van der Waals surface area contributed by atoms with Crippen molar-refractivity contribution in [2.75, 3.05) is 5.73 Å². The highest BCUT2D eigenvalue weighted by Crippen LogP contribution is 2.22. The third-order valence-corrected chi connectivity index (χ3v) is 3.97. The topological polar surface area (TPSA) is 80.9 Å². The van der Waals surface area contributed by atoms with Crippen LogP contribution in [0.4, 0.5) is 5.13 Å². The summed E-state index contributed by atoms with van der Waals surface area (Å²) in [7, 11) is 0. The van der Waals surface area contributed by atoms with Gasteiger partial charge >= 0.3 is 0 Å². The summed E-state index contributed by atoms with van der Waals surface area (Å²) in [5.74, 6) is -0.223. The van der Waals surface area contributed by atoms with Crippen molar-refractivity contribution < 1.29 is 4.79 Å². The van der Waals surface area contributed by atoms with Crippen LogP contribution in [0.1, 0.15) is 34.1 Å². The van der Waals surface area contributed by atoms with E-state index in [1.165, 1.54) is 0 Å². The minimum absolute atomic E-state index is 0.0209. The molecule has 3 N–H and O–H groups in total. The van der Waals surface area contributed by atoms with Crippen molar-refractivity contribution in [2.24, 2.45) is 0 Å². The first-order chi connectivity index (χ1) is 8.20. The molecule has 90 valence electrons. The van der Waals surface area contributed by atoms with Crippen LogP contribution in [0.5, 0.6) is 0 Å². The molecule has 2 heterocycles. The second-order valence-electron chi connectivity index (χ2n) is 3.40. The molecule has 0 radical (unpaired) electrons. The number of carbonyl (C=O) groups is 1. The van der Waals surface area contributed by atoms with Crippen LogP contribution in [0.2, 0.25) is 0 Å². The molecular weight excluding hydrogens is 256 g/mol. The SMILES string of the molecule is CCC(NC(=O)c1nnc(N)s1)c1cccs1. The zero-order valence-electron chi connectivity index (χ0n) is 9.21. The number of carbonyl (C=O) groups excluding carboxylic acids is 1. The monoisotopic (exact) mass is 268 g/mol. The Bertz CT molecular complexity index is 494. The lowest BCUT2D eigenvalue weighted by atomic mass is 10.2. The van der Waals surface area contributed by atoms with Gasteiger partial charge in [0, 0.05) is 4.88 Å². The summed E-state index contributed by atoms with van der Waals surface area (Å²) in [6.07, 6.45) is 0.834. The molecule has 0 saturated carbocycles. The Kier molecular flexibility index (Phi) is 3.70. The maximum atomic E-state index is 11.9. The van der Waals surface area contributed by atoms with Crippen molar-refractivity contribution >= 4 is 33.7 Å². The number of aromatic nitrogens is 2.